The number of morpholine rings is 1. The van der Waals surface area contributed by atoms with Crippen LogP contribution in [0.1, 0.15) is 36.2 Å². The van der Waals surface area contributed by atoms with Gasteiger partial charge in [-0.25, -0.2) is 18.2 Å². The summed E-state index contributed by atoms with van der Waals surface area (Å²) in [5.41, 5.74) is 1.39. The number of nitriles is 1. The van der Waals surface area contributed by atoms with Crippen LogP contribution in [0.4, 0.5) is 24.5 Å². The smallest absolute Gasteiger partial charge is 0.266 e. The van der Waals surface area contributed by atoms with Gasteiger partial charge in [-0.2, -0.15) is 5.26 Å². The molecule has 9 heteroatoms. The van der Waals surface area contributed by atoms with Gasteiger partial charge in [0.2, 0.25) is 0 Å². The Kier molecular flexibility index (Phi) is 6.56. The van der Waals surface area contributed by atoms with Crippen molar-refractivity contribution in [1.29, 1.82) is 5.26 Å². The van der Waals surface area contributed by atoms with Crippen molar-refractivity contribution < 1.29 is 22.6 Å². The maximum absolute atomic E-state index is 14.6. The summed E-state index contributed by atoms with van der Waals surface area (Å²) in [6.07, 6.45) is -2.91. The molecule has 0 saturated carbocycles. The molecule has 0 aliphatic carbocycles. The highest BCUT2D eigenvalue weighted by Gasteiger charge is 2.21. The first kappa shape index (κ1) is 22.7. The van der Waals surface area contributed by atoms with Crippen LogP contribution in [0.25, 0.3) is 10.9 Å². The molecule has 1 unspecified atom stereocenters. The minimum Gasteiger partial charge on any atom is -0.495 e. The fraction of sp³-hybridized carbons (Fsp3) is 0.333. The van der Waals surface area contributed by atoms with Crippen molar-refractivity contribution in [2.75, 3.05) is 43.6 Å². The summed E-state index contributed by atoms with van der Waals surface area (Å²) in [5, 5.41) is 13.5. The van der Waals surface area contributed by atoms with Gasteiger partial charge in [-0.1, -0.05) is 18.2 Å². The molecule has 6 nitrogen and oxygen atoms in total. The molecule has 0 spiro atoms. The van der Waals surface area contributed by atoms with Gasteiger partial charge in [0.1, 0.15) is 17.6 Å². The van der Waals surface area contributed by atoms with Crippen LogP contribution in [0.5, 0.6) is 5.75 Å². The summed E-state index contributed by atoms with van der Waals surface area (Å²) < 4.78 is 51.8. The van der Waals surface area contributed by atoms with Crippen molar-refractivity contribution in [3.05, 3.63) is 59.0 Å². The lowest BCUT2D eigenvalue weighted by Crippen LogP contribution is -2.36. The maximum atomic E-state index is 14.6. The summed E-state index contributed by atoms with van der Waals surface area (Å²) in [6.45, 7) is 4.30. The molecule has 0 bridgehead atoms. The monoisotopic (exact) mass is 456 g/mol. The van der Waals surface area contributed by atoms with Crippen molar-refractivity contribution in [2.24, 2.45) is 0 Å². The van der Waals surface area contributed by atoms with Gasteiger partial charge in [0, 0.05) is 30.1 Å². The van der Waals surface area contributed by atoms with Gasteiger partial charge < -0.3 is 19.7 Å². The van der Waals surface area contributed by atoms with Crippen LogP contribution in [0, 0.1) is 17.1 Å². The summed E-state index contributed by atoms with van der Waals surface area (Å²) in [4.78, 5) is 6.60. The van der Waals surface area contributed by atoms with Gasteiger partial charge in [-0.05, 0) is 19.1 Å². The molecule has 172 valence electrons. The second kappa shape index (κ2) is 9.55. The van der Waals surface area contributed by atoms with Crippen molar-refractivity contribution in [3.8, 4) is 11.8 Å². The maximum Gasteiger partial charge on any atom is 0.266 e. The first-order valence-electron chi connectivity index (χ1n) is 10.5. The predicted octanol–water partition coefficient (Wildman–Crippen LogP) is 5.20. The normalized spacial score (nSPS) is 14.9. The van der Waals surface area contributed by atoms with Crippen molar-refractivity contribution in [1.82, 2.24) is 4.98 Å². The van der Waals surface area contributed by atoms with E-state index in [1.807, 2.05) is 12.1 Å². The van der Waals surface area contributed by atoms with Crippen molar-refractivity contribution in [2.45, 2.75) is 19.4 Å². The fourth-order valence-electron chi connectivity index (χ4n) is 3.98. The van der Waals surface area contributed by atoms with Crippen LogP contribution in [0.15, 0.2) is 36.4 Å². The van der Waals surface area contributed by atoms with E-state index in [0.29, 0.717) is 43.3 Å². The highest BCUT2D eigenvalue weighted by atomic mass is 19.3. The summed E-state index contributed by atoms with van der Waals surface area (Å²) in [7, 11) is 1.58. The topological polar surface area (TPSA) is 70.4 Å². The van der Waals surface area contributed by atoms with Gasteiger partial charge in [-0.15, -0.1) is 0 Å². The fourth-order valence-corrected chi connectivity index (χ4v) is 3.98. The molecule has 1 N–H and O–H groups in total. The molecule has 0 radical (unpaired) electrons. The molecule has 0 amide bonds. The molecule has 33 heavy (non-hydrogen) atoms. The van der Waals surface area contributed by atoms with Crippen LogP contribution in [-0.2, 0) is 4.74 Å². The summed E-state index contributed by atoms with van der Waals surface area (Å²) in [6, 6.07) is 10.7. The Morgan fingerprint density at radius 1 is 1.18 bits per heavy atom. The second-order valence-electron chi connectivity index (χ2n) is 7.73. The van der Waals surface area contributed by atoms with Crippen LogP contribution < -0.4 is 15.0 Å². The Morgan fingerprint density at radius 2 is 1.91 bits per heavy atom. The number of alkyl halides is 2. The lowest BCUT2D eigenvalue weighted by atomic mass is 10.0. The average molecular weight is 456 g/mol. The van der Waals surface area contributed by atoms with Gasteiger partial charge in [0.05, 0.1) is 48.8 Å². The van der Waals surface area contributed by atoms with E-state index in [0.717, 1.165) is 17.1 Å². The quantitative estimate of drug-likeness (QED) is 0.550. The zero-order chi connectivity index (χ0) is 23.5. The third-order valence-corrected chi connectivity index (χ3v) is 5.71. The van der Waals surface area contributed by atoms with E-state index in [1.165, 1.54) is 12.1 Å². The number of hydrogen-bond donors (Lipinski definition) is 1. The molecule has 1 fully saturated rings. The van der Waals surface area contributed by atoms with E-state index < -0.39 is 23.8 Å². The Hall–Kier alpha value is -3.51. The highest BCUT2D eigenvalue weighted by molar-refractivity contribution is 5.89. The molecule has 1 aliphatic heterocycles. The second-order valence-corrected chi connectivity index (χ2v) is 7.73. The Labute approximate surface area is 189 Å². The molecular formula is C24H23F3N4O2. The first-order chi connectivity index (χ1) is 15.9. The van der Waals surface area contributed by atoms with Crippen LogP contribution >= 0.6 is 0 Å². The number of methoxy groups -OCH3 is 1. The number of ether oxygens (including phenoxy) is 2. The third-order valence-electron chi connectivity index (χ3n) is 5.71. The van der Waals surface area contributed by atoms with E-state index >= 15 is 0 Å². The average Bonchev–Trinajstić information content (AvgIpc) is 2.83. The first-order valence-corrected chi connectivity index (χ1v) is 10.5. The zero-order valence-electron chi connectivity index (χ0n) is 18.2. The summed E-state index contributed by atoms with van der Waals surface area (Å²) >= 11 is 0. The minimum absolute atomic E-state index is 0.0838. The molecule has 2 aromatic carbocycles. The number of fused-ring (bicyclic) bond motifs is 1. The Balaban J connectivity index is 1.73. The number of rotatable bonds is 6. The zero-order valence-corrected chi connectivity index (χ0v) is 18.2. The van der Waals surface area contributed by atoms with Crippen LogP contribution in [0.3, 0.4) is 0 Å². The van der Waals surface area contributed by atoms with E-state index in [-0.39, 0.29) is 11.3 Å². The lowest BCUT2D eigenvalue weighted by molar-refractivity contribution is 0.122. The van der Waals surface area contributed by atoms with Gasteiger partial charge in [0.15, 0.2) is 5.69 Å². The molecule has 1 aromatic heterocycles. The number of halogens is 3. The number of benzene rings is 2. The molecule has 1 atom stereocenters. The van der Waals surface area contributed by atoms with E-state index in [9.17, 15) is 18.4 Å². The SMILES string of the molecule is COc1cc2nc(C#N)c(NC(C)c3cccc(C(F)F)c3F)cc2cc1N1CCOCC1. The summed E-state index contributed by atoms with van der Waals surface area (Å²) in [5.74, 6) is -0.320. The van der Waals surface area contributed by atoms with Crippen molar-refractivity contribution in [3.63, 3.8) is 0 Å². The molecular weight excluding hydrogens is 433 g/mol. The number of hydrogen-bond acceptors (Lipinski definition) is 6. The van der Waals surface area contributed by atoms with E-state index in [4.69, 9.17) is 9.47 Å². The Morgan fingerprint density at radius 3 is 2.58 bits per heavy atom. The van der Waals surface area contributed by atoms with E-state index in [1.54, 1.807) is 26.2 Å². The van der Waals surface area contributed by atoms with Crippen molar-refractivity contribution >= 4 is 22.3 Å². The van der Waals surface area contributed by atoms with Gasteiger partial charge >= 0.3 is 0 Å². The molecule has 4 rings (SSSR count). The van der Waals surface area contributed by atoms with E-state index in [2.05, 4.69) is 15.2 Å². The standard InChI is InChI=1S/C24H23F3N4O2/c1-14(16-4-3-5-17(23(16)25)24(26)27)29-19-10-15-11-21(31-6-8-33-9-7-31)22(32-2)12-18(15)30-20(19)13-28/h3-5,10-12,14,24,29H,6-9H2,1-2H3. The number of nitrogens with one attached hydrogen (secondary N) is 1. The molecule has 3 aromatic rings. The number of pyridine rings is 1. The predicted molar refractivity (Wildman–Crippen MR) is 119 cm³/mol. The minimum atomic E-state index is -2.91. The number of nitrogens with zero attached hydrogens (tertiary/aromatic N) is 3. The third kappa shape index (κ3) is 4.52. The highest BCUT2D eigenvalue weighted by Crippen LogP contribution is 2.36. The van der Waals surface area contributed by atoms with Crippen LogP contribution in [-0.4, -0.2) is 38.4 Å². The molecule has 1 saturated heterocycles. The van der Waals surface area contributed by atoms with Gasteiger partial charge in [-0.3, -0.25) is 0 Å². The molecule has 1 aliphatic rings. The Bertz CT molecular complexity index is 1210. The number of anilines is 2. The number of aromatic nitrogens is 1. The lowest BCUT2D eigenvalue weighted by Gasteiger charge is -2.30. The largest absolute Gasteiger partial charge is 0.495 e. The molecule has 2 heterocycles. The van der Waals surface area contributed by atoms with Gasteiger partial charge in [0.25, 0.3) is 6.43 Å². The van der Waals surface area contributed by atoms with Crippen LogP contribution in [0.2, 0.25) is 0 Å².